The predicted octanol–water partition coefficient (Wildman–Crippen LogP) is 5.37. The maximum atomic E-state index is 5.02. The zero-order chi connectivity index (χ0) is 20.2. The van der Waals surface area contributed by atoms with Crippen molar-refractivity contribution < 1.29 is 0 Å². The van der Waals surface area contributed by atoms with E-state index in [2.05, 4.69) is 85.6 Å². The summed E-state index contributed by atoms with van der Waals surface area (Å²) >= 11 is 0. The number of nitrogens with one attached hydrogen (secondary N) is 1. The quantitative estimate of drug-likeness (QED) is 0.689. The fraction of sp³-hybridized carbons (Fsp3) is 0.346. The lowest BCUT2D eigenvalue weighted by Gasteiger charge is -2.31. The minimum atomic E-state index is 0.626. The summed E-state index contributed by atoms with van der Waals surface area (Å²) in [4.78, 5) is 7.22. The van der Waals surface area contributed by atoms with Crippen LogP contribution in [-0.4, -0.2) is 30.2 Å². The third-order valence-corrected chi connectivity index (χ3v) is 6.23. The molecule has 0 unspecified atom stereocenters. The van der Waals surface area contributed by atoms with Gasteiger partial charge in [-0.05, 0) is 66.5 Å². The highest BCUT2D eigenvalue weighted by atomic mass is 15.1. The lowest BCUT2D eigenvalue weighted by Crippen LogP contribution is -2.24. The van der Waals surface area contributed by atoms with Crippen molar-refractivity contribution in [1.29, 1.82) is 0 Å². The van der Waals surface area contributed by atoms with Crippen molar-refractivity contribution >= 4 is 5.71 Å². The molecule has 0 bridgehead atoms. The number of nitrogens with zero attached hydrogens (tertiary/aromatic N) is 2. The fourth-order valence-corrected chi connectivity index (χ4v) is 4.14. The molecule has 0 aromatic heterocycles. The summed E-state index contributed by atoms with van der Waals surface area (Å²) in [5.41, 5.74) is 8.72. The summed E-state index contributed by atoms with van der Waals surface area (Å²) < 4.78 is 0. The van der Waals surface area contributed by atoms with Crippen LogP contribution in [0.25, 0.3) is 0 Å². The fourth-order valence-electron chi connectivity index (χ4n) is 4.14. The van der Waals surface area contributed by atoms with Crippen molar-refractivity contribution in [1.82, 2.24) is 10.2 Å². The van der Waals surface area contributed by atoms with Crippen molar-refractivity contribution in [3.8, 4) is 0 Å². The first-order valence-electron chi connectivity index (χ1n) is 10.7. The number of allylic oxidation sites excluding steroid dienone is 10. The number of dihydropyridines is 1. The van der Waals surface area contributed by atoms with Gasteiger partial charge in [-0.3, -0.25) is 4.99 Å². The van der Waals surface area contributed by atoms with Gasteiger partial charge in [-0.25, -0.2) is 0 Å². The molecule has 0 spiro atoms. The first-order chi connectivity index (χ1) is 14.2. The molecule has 0 atom stereocenters. The highest BCUT2D eigenvalue weighted by Gasteiger charge is 2.27. The molecule has 0 radical (unpaired) electrons. The van der Waals surface area contributed by atoms with E-state index in [1.807, 2.05) is 0 Å². The van der Waals surface area contributed by atoms with Gasteiger partial charge in [-0.2, -0.15) is 0 Å². The van der Waals surface area contributed by atoms with E-state index in [1.165, 1.54) is 47.1 Å². The Balaban J connectivity index is 1.43. The maximum Gasteiger partial charge on any atom is 0.0793 e. The molecule has 4 rings (SSSR count). The zero-order valence-corrected chi connectivity index (χ0v) is 17.6. The van der Waals surface area contributed by atoms with Gasteiger partial charge < -0.3 is 10.2 Å². The van der Waals surface area contributed by atoms with Crippen LogP contribution in [0.2, 0.25) is 0 Å². The van der Waals surface area contributed by atoms with Gasteiger partial charge in [0.15, 0.2) is 0 Å². The van der Waals surface area contributed by atoms with Gasteiger partial charge in [0.25, 0.3) is 0 Å². The van der Waals surface area contributed by atoms with E-state index in [9.17, 15) is 0 Å². The third-order valence-electron chi connectivity index (χ3n) is 6.23. The molecule has 29 heavy (non-hydrogen) atoms. The Hall–Kier alpha value is -2.81. The van der Waals surface area contributed by atoms with Crippen molar-refractivity contribution in [2.45, 2.75) is 33.1 Å². The maximum absolute atomic E-state index is 5.02. The molecule has 150 valence electrons. The average Bonchev–Trinajstić information content (AvgIpc) is 2.71. The largest absolute Gasteiger partial charge is 0.387 e. The number of aliphatic imine (C=N–C) groups is 1. The Morgan fingerprint density at radius 1 is 1.31 bits per heavy atom. The Labute approximate surface area is 175 Å². The van der Waals surface area contributed by atoms with E-state index in [1.54, 1.807) is 0 Å². The van der Waals surface area contributed by atoms with E-state index in [0.717, 1.165) is 24.5 Å². The number of hydrogen-bond donors (Lipinski definition) is 1. The molecule has 0 saturated heterocycles. The van der Waals surface area contributed by atoms with Crippen LogP contribution in [0.1, 0.15) is 33.1 Å². The van der Waals surface area contributed by atoms with Gasteiger partial charge in [0.1, 0.15) is 0 Å². The molecule has 3 heteroatoms. The highest BCUT2D eigenvalue weighted by Crippen LogP contribution is 2.36. The molecular weight excluding hydrogens is 354 g/mol. The van der Waals surface area contributed by atoms with Crippen LogP contribution >= 0.6 is 0 Å². The van der Waals surface area contributed by atoms with Crippen molar-refractivity contribution in [2.75, 3.05) is 19.6 Å². The van der Waals surface area contributed by atoms with E-state index in [4.69, 9.17) is 4.99 Å². The molecule has 2 aliphatic heterocycles. The Morgan fingerprint density at radius 3 is 2.83 bits per heavy atom. The summed E-state index contributed by atoms with van der Waals surface area (Å²) in [6, 6.07) is 0. The topological polar surface area (TPSA) is 27.6 Å². The first-order valence-corrected chi connectivity index (χ1v) is 10.7. The second-order valence-corrected chi connectivity index (χ2v) is 8.06. The molecule has 2 aliphatic carbocycles. The van der Waals surface area contributed by atoms with Crippen LogP contribution < -0.4 is 5.32 Å². The van der Waals surface area contributed by atoms with Gasteiger partial charge in [-0.15, -0.1) is 0 Å². The van der Waals surface area contributed by atoms with Gasteiger partial charge in [0.2, 0.25) is 0 Å². The SMILES string of the molecule is C=C(CN=C1C(C2CCC2)=CC=C/C1=C/C)N1C=CC(C2=CNCC=C2C)=CC1. The van der Waals surface area contributed by atoms with Crippen molar-refractivity contribution in [2.24, 2.45) is 10.9 Å². The van der Waals surface area contributed by atoms with Crippen LogP contribution in [0.3, 0.4) is 0 Å². The minimum absolute atomic E-state index is 0.626. The Bertz CT molecular complexity index is 927. The summed E-state index contributed by atoms with van der Waals surface area (Å²) in [7, 11) is 0. The Morgan fingerprint density at radius 2 is 2.17 bits per heavy atom. The van der Waals surface area contributed by atoms with E-state index in [-0.39, 0.29) is 0 Å². The van der Waals surface area contributed by atoms with E-state index < -0.39 is 0 Å². The van der Waals surface area contributed by atoms with Crippen molar-refractivity contribution in [3.05, 3.63) is 95.1 Å². The predicted molar refractivity (Wildman–Crippen MR) is 124 cm³/mol. The third kappa shape index (κ3) is 4.14. The van der Waals surface area contributed by atoms with Gasteiger partial charge in [0.05, 0.1) is 12.3 Å². The second kappa shape index (κ2) is 8.69. The minimum Gasteiger partial charge on any atom is -0.387 e. The van der Waals surface area contributed by atoms with Gasteiger partial charge >= 0.3 is 0 Å². The number of rotatable bonds is 5. The Kier molecular flexibility index (Phi) is 5.84. The normalized spacial score (nSPS) is 24.6. The molecular formula is C26H31N3. The average molecular weight is 386 g/mol. The van der Waals surface area contributed by atoms with Crippen LogP contribution in [-0.2, 0) is 0 Å². The molecule has 1 saturated carbocycles. The summed E-state index contributed by atoms with van der Waals surface area (Å²) in [6.07, 6.45) is 23.6. The molecule has 3 nitrogen and oxygen atoms in total. The van der Waals surface area contributed by atoms with Crippen molar-refractivity contribution in [3.63, 3.8) is 0 Å². The smallest absolute Gasteiger partial charge is 0.0793 e. The number of hydrogen-bond acceptors (Lipinski definition) is 3. The van der Waals surface area contributed by atoms with Crippen LogP contribution in [0.4, 0.5) is 0 Å². The summed E-state index contributed by atoms with van der Waals surface area (Å²) in [5, 5.41) is 3.31. The molecule has 0 aromatic carbocycles. The molecule has 4 aliphatic rings. The second-order valence-electron chi connectivity index (χ2n) is 8.06. The van der Waals surface area contributed by atoms with Gasteiger partial charge in [0, 0.05) is 31.2 Å². The summed E-state index contributed by atoms with van der Waals surface area (Å²) in [5.74, 6) is 0.677. The molecule has 0 amide bonds. The standard InChI is InChI=1S/C26H31N3/c1-4-21-7-6-10-24(22-8-5-9-22)26(21)28-17-20(3)29-15-12-23(13-16-29)25-18-27-14-11-19(25)2/h4,6-7,10-13,15,18,22,27H,3,5,8-9,14,16-17H2,1-2H3/b21-4-,28-26?. The molecule has 1 N–H and O–H groups in total. The van der Waals surface area contributed by atoms with Crippen LogP contribution in [0, 0.1) is 5.92 Å². The molecule has 0 aromatic rings. The molecule has 2 heterocycles. The van der Waals surface area contributed by atoms with Crippen LogP contribution in [0.5, 0.6) is 0 Å². The zero-order valence-electron chi connectivity index (χ0n) is 17.6. The van der Waals surface area contributed by atoms with Gasteiger partial charge in [-0.1, -0.05) is 49.5 Å². The van der Waals surface area contributed by atoms with E-state index >= 15 is 0 Å². The lowest BCUT2D eigenvalue weighted by molar-refractivity contribution is 0.378. The first kappa shape index (κ1) is 19.5. The highest BCUT2D eigenvalue weighted by molar-refractivity contribution is 6.15. The lowest BCUT2D eigenvalue weighted by atomic mass is 9.75. The van der Waals surface area contributed by atoms with Crippen LogP contribution in [0.15, 0.2) is 100 Å². The monoisotopic (exact) mass is 385 g/mol. The molecule has 1 fully saturated rings. The van der Waals surface area contributed by atoms with E-state index in [0.29, 0.717) is 12.5 Å². The summed E-state index contributed by atoms with van der Waals surface area (Å²) in [6.45, 7) is 11.0.